The van der Waals surface area contributed by atoms with E-state index in [1.807, 2.05) is 35.4 Å². The lowest BCUT2D eigenvalue weighted by Crippen LogP contribution is -2.41. The molecule has 27 heavy (non-hydrogen) atoms. The molecule has 3 saturated heterocycles. The van der Waals surface area contributed by atoms with Crippen LogP contribution in [0.1, 0.15) is 23.2 Å². The van der Waals surface area contributed by atoms with Gasteiger partial charge in [-0.1, -0.05) is 12.1 Å². The first kappa shape index (κ1) is 17.2. The molecular formula is C19H23N3O4S. The maximum absolute atomic E-state index is 13.2. The lowest BCUT2D eigenvalue weighted by atomic mass is 9.74. The van der Waals surface area contributed by atoms with Gasteiger partial charge in [0.05, 0.1) is 35.6 Å². The van der Waals surface area contributed by atoms with Crippen molar-refractivity contribution in [3.8, 4) is 0 Å². The summed E-state index contributed by atoms with van der Waals surface area (Å²) in [5.74, 6) is 0.304. The zero-order chi connectivity index (χ0) is 18.8. The van der Waals surface area contributed by atoms with Gasteiger partial charge in [-0.3, -0.25) is 4.79 Å². The molecule has 4 heterocycles. The van der Waals surface area contributed by atoms with E-state index in [0.29, 0.717) is 25.2 Å². The van der Waals surface area contributed by atoms with Gasteiger partial charge in [-0.05, 0) is 25.0 Å². The highest BCUT2D eigenvalue weighted by atomic mass is 32.2. The quantitative estimate of drug-likeness (QED) is 0.825. The Hall–Kier alpha value is -1.90. The molecule has 2 N–H and O–H groups in total. The Morgan fingerprint density at radius 1 is 1.41 bits per heavy atom. The summed E-state index contributed by atoms with van der Waals surface area (Å²) in [6.07, 6.45) is 4.98. The number of H-pyrrole nitrogens is 1. The van der Waals surface area contributed by atoms with Crippen molar-refractivity contribution in [3.63, 3.8) is 0 Å². The highest BCUT2D eigenvalue weighted by Crippen LogP contribution is 2.54. The van der Waals surface area contributed by atoms with Crippen LogP contribution in [-0.4, -0.2) is 61.8 Å². The van der Waals surface area contributed by atoms with Gasteiger partial charge < -0.3 is 14.6 Å². The highest BCUT2D eigenvalue weighted by molar-refractivity contribution is 7.88. The number of benzene rings is 1. The van der Waals surface area contributed by atoms with E-state index in [2.05, 4.69) is 9.71 Å². The van der Waals surface area contributed by atoms with Crippen LogP contribution in [0, 0.1) is 11.8 Å². The minimum Gasteiger partial charge on any atom is -0.369 e. The van der Waals surface area contributed by atoms with E-state index >= 15 is 0 Å². The lowest BCUT2D eigenvalue weighted by molar-refractivity contribution is 0.00327. The molecular weight excluding hydrogens is 366 g/mol. The summed E-state index contributed by atoms with van der Waals surface area (Å²) < 4.78 is 32.0. The second-order valence-corrected chi connectivity index (χ2v) is 9.92. The highest BCUT2D eigenvalue weighted by Gasteiger charge is 2.63. The molecule has 2 bridgehead atoms. The smallest absolute Gasteiger partial charge is 0.256 e. The Morgan fingerprint density at radius 2 is 2.26 bits per heavy atom. The predicted octanol–water partition coefficient (Wildman–Crippen LogP) is 1.34. The molecule has 1 aromatic carbocycles. The fraction of sp³-hybridized carbons (Fsp3) is 0.526. The Kier molecular flexibility index (Phi) is 3.70. The molecule has 1 spiro atoms. The van der Waals surface area contributed by atoms with Crippen LogP contribution in [-0.2, 0) is 14.8 Å². The van der Waals surface area contributed by atoms with Gasteiger partial charge in [-0.25, -0.2) is 13.1 Å². The monoisotopic (exact) mass is 389 g/mol. The van der Waals surface area contributed by atoms with Gasteiger partial charge in [0.1, 0.15) is 0 Å². The van der Waals surface area contributed by atoms with Crippen LogP contribution in [0.2, 0.25) is 0 Å². The topological polar surface area (TPSA) is 91.5 Å². The molecule has 0 saturated carbocycles. The zero-order valence-electron chi connectivity index (χ0n) is 15.1. The molecule has 2 aromatic rings. The summed E-state index contributed by atoms with van der Waals surface area (Å²) in [4.78, 5) is 18.3. The summed E-state index contributed by atoms with van der Waals surface area (Å²) in [5, 5.41) is 1.02. The van der Waals surface area contributed by atoms with Crippen molar-refractivity contribution in [2.45, 2.75) is 24.5 Å². The van der Waals surface area contributed by atoms with Crippen LogP contribution in [0.5, 0.6) is 0 Å². The lowest BCUT2D eigenvalue weighted by Gasteiger charge is -2.29. The predicted molar refractivity (Wildman–Crippen MR) is 101 cm³/mol. The summed E-state index contributed by atoms with van der Waals surface area (Å²) >= 11 is 0. The molecule has 7 nitrogen and oxygen atoms in total. The van der Waals surface area contributed by atoms with Gasteiger partial charge in [0.25, 0.3) is 5.91 Å². The summed E-state index contributed by atoms with van der Waals surface area (Å²) in [6, 6.07) is 7.70. The Morgan fingerprint density at radius 3 is 3.07 bits per heavy atom. The van der Waals surface area contributed by atoms with E-state index in [1.54, 1.807) is 0 Å². The van der Waals surface area contributed by atoms with Crippen LogP contribution in [0.15, 0.2) is 30.5 Å². The van der Waals surface area contributed by atoms with E-state index in [1.165, 1.54) is 6.26 Å². The number of nitrogens with zero attached hydrogens (tertiary/aromatic N) is 1. The number of nitrogens with one attached hydrogen (secondary N) is 2. The molecule has 1 aromatic heterocycles. The van der Waals surface area contributed by atoms with Crippen LogP contribution >= 0.6 is 0 Å². The molecule has 8 heteroatoms. The van der Waals surface area contributed by atoms with Gasteiger partial charge in [0, 0.05) is 36.5 Å². The summed E-state index contributed by atoms with van der Waals surface area (Å²) in [5.41, 5.74) is 1.22. The van der Waals surface area contributed by atoms with Gasteiger partial charge in [-0.2, -0.15) is 0 Å². The van der Waals surface area contributed by atoms with Crippen LogP contribution in [0.25, 0.3) is 10.9 Å². The third kappa shape index (κ3) is 2.69. The number of ether oxygens (including phenoxy) is 1. The maximum Gasteiger partial charge on any atom is 0.256 e. The van der Waals surface area contributed by atoms with E-state index in [0.717, 1.165) is 23.7 Å². The van der Waals surface area contributed by atoms with Crippen molar-refractivity contribution in [2.24, 2.45) is 11.8 Å². The molecule has 3 aliphatic heterocycles. The number of para-hydroxylation sites is 1. The Labute approximate surface area is 158 Å². The van der Waals surface area contributed by atoms with Crippen molar-refractivity contribution in [1.82, 2.24) is 14.6 Å². The Balaban J connectivity index is 1.40. The van der Waals surface area contributed by atoms with E-state index < -0.39 is 10.0 Å². The fourth-order valence-electron chi connectivity index (χ4n) is 5.30. The van der Waals surface area contributed by atoms with Crippen molar-refractivity contribution >= 4 is 26.8 Å². The third-order valence-corrected chi connectivity index (χ3v) is 7.16. The number of hydrogen-bond donors (Lipinski definition) is 2. The number of carbonyl (C=O) groups excluding carboxylic acids is 1. The number of sulfonamides is 1. The van der Waals surface area contributed by atoms with Crippen molar-refractivity contribution in [1.29, 1.82) is 0 Å². The second kappa shape index (κ2) is 5.80. The van der Waals surface area contributed by atoms with Gasteiger partial charge >= 0.3 is 0 Å². The van der Waals surface area contributed by atoms with Crippen LogP contribution < -0.4 is 4.72 Å². The number of likely N-dealkylation sites (tertiary alicyclic amines) is 1. The SMILES string of the molecule is CS(=O)(=O)NC[C@H]1[C@H]2CN(C(=O)c3cccc4cc[nH]c34)C[C@]23CC[C@H]1O3. The van der Waals surface area contributed by atoms with E-state index in [4.69, 9.17) is 4.74 Å². The number of hydrogen-bond acceptors (Lipinski definition) is 4. The number of aromatic amines is 1. The number of carbonyl (C=O) groups is 1. The molecule has 0 unspecified atom stereocenters. The molecule has 144 valence electrons. The molecule has 4 atom stereocenters. The van der Waals surface area contributed by atoms with E-state index in [-0.39, 0.29) is 29.4 Å². The third-order valence-electron chi connectivity index (χ3n) is 6.47. The van der Waals surface area contributed by atoms with Gasteiger partial charge in [-0.15, -0.1) is 0 Å². The van der Waals surface area contributed by atoms with Crippen molar-refractivity contribution < 1.29 is 17.9 Å². The first-order valence-electron chi connectivity index (χ1n) is 9.34. The van der Waals surface area contributed by atoms with Crippen LogP contribution in [0.3, 0.4) is 0 Å². The average molecular weight is 389 g/mol. The average Bonchev–Trinajstić information content (AvgIpc) is 3.36. The largest absolute Gasteiger partial charge is 0.369 e. The second-order valence-electron chi connectivity index (χ2n) is 8.08. The van der Waals surface area contributed by atoms with Gasteiger partial charge in [0.15, 0.2) is 0 Å². The Bertz CT molecular complexity index is 1020. The fourth-order valence-corrected chi connectivity index (χ4v) is 5.79. The standard InChI is InChI=1S/C19H23N3O4S/c1-27(24,25)21-9-14-15-10-22(11-19(15)7-5-16(14)26-19)18(23)13-4-2-3-12-6-8-20-17(12)13/h2-4,6,8,14-16,20-21H,5,7,9-11H2,1H3/t14-,15+,16+,19+/m0/s1. The number of amides is 1. The van der Waals surface area contributed by atoms with Crippen LogP contribution in [0.4, 0.5) is 0 Å². The number of fused-ring (bicyclic) bond motifs is 2. The molecule has 1 amide bonds. The molecule has 0 radical (unpaired) electrons. The minimum atomic E-state index is -3.24. The molecule has 5 rings (SSSR count). The molecule has 3 aliphatic rings. The summed E-state index contributed by atoms with van der Waals surface area (Å²) in [7, 11) is -3.24. The van der Waals surface area contributed by atoms with E-state index in [9.17, 15) is 13.2 Å². The minimum absolute atomic E-state index is 0.00805. The number of aromatic nitrogens is 1. The van der Waals surface area contributed by atoms with Crippen molar-refractivity contribution in [2.75, 3.05) is 25.9 Å². The summed E-state index contributed by atoms with van der Waals surface area (Å²) in [6.45, 7) is 1.58. The first-order valence-corrected chi connectivity index (χ1v) is 11.2. The van der Waals surface area contributed by atoms with Gasteiger partial charge in [0.2, 0.25) is 10.0 Å². The van der Waals surface area contributed by atoms with Crippen molar-refractivity contribution in [3.05, 3.63) is 36.0 Å². The molecule has 3 fully saturated rings. The number of rotatable bonds is 4. The first-order chi connectivity index (χ1) is 12.9. The molecule has 0 aliphatic carbocycles. The zero-order valence-corrected chi connectivity index (χ0v) is 16.0. The normalized spacial score (nSPS) is 32.3. The maximum atomic E-state index is 13.2.